The van der Waals surface area contributed by atoms with Crippen molar-refractivity contribution in [1.82, 2.24) is 54.8 Å². The first kappa shape index (κ1) is 82.4. The van der Waals surface area contributed by atoms with Gasteiger partial charge in [-0.2, -0.15) is 0 Å². The van der Waals surface area contributed by atoms with Crippen LogP contribution in [0.1, 0.15) is 0 Å². The molecule has 14 heteroatoms. The van der Waals surface area contributed by atoms with Gasteiger partial charge in [0.05, 0.1) is 45.0 Å². The fourth-order valence-electron chi connectivity index (χ4n) is 20.4. The summed E-state index contributed by atoms with van der Waals surface area (Å²) >= 11 is 5.60. The number of aromatic nitrogens is 11. The van der Waals surface area contributed by atoms with Crippen LogP contribution in [-0.4, -0.2) is 54.8 Å². The van der Waals surface area contributed by atoms with Crippen LogP contribution in [0.25, 0.3) is 283 Å². The average Bonchev–Trinajstić information content (AvgIpc) is 1.64. The summed E-state index contributed by atoms with van der Waals surface area (Å²) in [6.07, 6.45) is 0. The number of benzene rings is 20. The van der Waals surface area contributed by atoms with E-state index < -0.39 is 0 Å². The van der Waals surface area contributed by atoms with Crippen molar-refractivity contribution in [2.75, 3.05) is 0 Å². The molecule has 0 aliphatic heterocycles. The van der Waals surface area contributed by atoms with Gasteiger partial charge in [-0.3, -0.25) is 0 Å². The zero-order valence-corrected chi connectivity index (χ0v) is 77.9. The van der Waals surface area contributed by atoms with Crippen molar-refractivity contribution < 1.29 is 0 Å². The van der Waals surface area contributed by atoms with Crippen molar-refractivity contribution in [3.63, 3.8) is 0 Å². The van der Waals surface area contributed by atoms with Crippen molar-refractivity contribution in [1.29, 1.82) is 0 Å². The lowest BCUT2D eigenvalue weighted by Crippen LogP contribution is -2.00. The first-order valence-corrected chi connectivity index (χ1v) is 49.5. The molecule has 0 saturated heterocycles. The Balaban J connectivity index is 0.000000106. The van der Waals surface area contributed by atoms with Crippen LogP contribution in [0.15, 0.2) is 455 Å². The second-order valence-electron chi connectivity index (χ2n) is 35.2. The van der Waals surface area contributed by atoms with Crippen molar-refractivity contribution >= 4 is 192 Å². The molecular weight excluding hydrogens is 1780 g/mol. The Morgan fingerprint density at radius 3 is 0.716 bits per heavy atom. The molecule has 9 heterocycles. The third-order valence-corrected chi connectivity index (χ3v) is 30.4. The molecule has 0 bridgehead atoms. The Morgan fingerprint density at radius 2 is 0.362 bits per heavy atom. The topological polar surface area (TPSA) is 142 Å². The van der Waals surface area contributed by atoms with Crippen molar-refractivity contribution in [2.24, 2.45) is 0 Å². The number of hydrogen-bond donors (Lipinski definition) is 0. The molecule has 141 heavy (non-hydrogen) atoms. The largest absolute Gasteiger partial charge is 0.246 e. The molecule has 0 aliphatic rings. The maximum atomic E-state index is 5.55. The van der Waals surface area contributed by atoms with Crippen molar-refractivity contribution in [2.45, 2.75) is 0 Å². The zero-order valence-electron chi connectivity index (χ0n) is 75.4. The van der Waals surface area contributed by atoms with Gasteiger partial charge in [0, 0.05) is 181 Å². The Bertz CT molecular complexity index is 9900. The molecule has 20 aromatic carbocycles. The number of thiophene rings is 3. The third kappa shape index (κ3) is 14.4. The van der Waals surface area contributed by atoms with Crippen LogP contribution in [0.5, 0.6) is 0 Å². The lowest BCUT2D eigenvalue weighted by atomic mass is 9.94. The monoisotopic (exact) mass is 1850 g/mol. The summed E-state index contributed by atoms with van der Waals surface area (Å²) in [6.45, 7) is 0. The average molecular weight is 1850 g/mol. The maximum Gasteiger partial charge on any atom is 0.164 e. The Labute approximate surface area is 820 Å². The molecule has 29 rings (SSSR count). The molecule has 11 nitrogen and oxygen atoms in total. The molecule has 656 valence electrons. The third-order valence-electron chi connectivity index (χ3n) is 26.8. The van der Waals surface area contributed by atoms with E-state index in [4.69, 9.17) is 54.8 Å². The van der Waals surface area contributed by atoms with Gasteiger partial charge < -0.3 is 0 Å². The van der Waals surface area contributed by atoms with Crippen LogP contribution < -0.4 is 0 Å². The molecule has 9 aromatic heterocycles. The molecule has 0 N–H and O–H groups in total. The fraction of sp³-hybridized carbons (Fsp3) is 0. The molecular formula is C127H75N11S3. The maximum absolute atomic E-state index is 5.55. The van der Waals surface area contributed by atoms with E-state index in [9.17, 15) is 0 Å². The molecule has 0 aliphatic carbocycles. The van der Waals surface area contributed by atoms with E-state index >= 15 is 0 Å². The lowest BCUT2D eigenvalue weighted by molar-refractivity contribution is 1.07. The summed E-state index contributed by atoms with van der Waals surface area (Å²) in [5.74, 6) is 4.52. The highest BCUT2D eigenvalue weighted by molar-refractivity contribution is 7.28. The van der Waals surface area contributed by atoms with Crippen LogP contribution in [-0.2, 0) is 0 Å². The highest BCUT2D eigenvalue weighted by Crippen LogP contribution is 2.52. The predicted molar refractivity (Wildman–Crippen MR) is 591 cm³/mol. The Morgan fingerprint density at radius 1 is 0.128 bits per heavy atom. The normalized spacial score (nSPS) is 11.7. The van der Waals surface area contributed by atoms with Crippen LogP contribution in [0.2, 0.25) is 0 Å². The highest BCUT2D eigenvalue weighted by Gasteiger charge is 2.27. The van der Waals surface area contributed by atoms with Crippen molar-refractivity contribution in [3.8, 4) is 125 Å². The minimum Gasteiger partial charge on any atom is -0.246 e. The summed E-state index contributed by atoms with van der Waals surface area (Å²) in [7, 11) is 0. The molecule has 0 amide bonds. The van der Waals surface area contributed by atoms with Crippen LogP contribution in [0.4, 0.5) is 0 Å². The highest BCUT2D eigenvalue weighted by atomic mass is 32.1. The predicted octanol–water partition coefficient (Wildman–Crippen LogP) is 34.2. The molecule has 0 fully saturated rings. The molecule has 0 unspecified atom stereocenters. The van der Waals surface area contributed by atoms with Gasteiger partial charge >= 0.3 is 0 Å². The zero-order chi connectivity index (χ0) is 93.0. The van der Waals surface area contributed by atoms with E-state index in [1.54, 1.807) is 0 Å². The van der Waals surface area contributed by atoms with Gasteiger partial charge in [-0.05, 0) is 46.5 Å². The summed E-state index contributed by atoms with van der Waals surface area (Å²) in [5.41, 5.74) is 17.2. The van der Waals surface area contributed by atoms with E-state index in [0.29, 0.717) is 40.8 Å². The SMILES string of the molecule is c1ccc(-c2cc(-c3nc4c5ccccc5c5sc6ccccc6c5c4c4ccccc34)nc(-c3ccccc3)n2)cc1.c1ccc(-c2nc(-c3ccccc3)nc(-c3ccc(-c4nc5c6ccccc6c6sc7ccccc7c6c5c5ccccc45)cc3)n2)cc1.c1ccc(-c2nc(-c3ccccc3)nc(-c3cccc(-c4nc5c6ccccc6c6sc7ccccc7c6c5c5ccccc45)c3)n2)cc1. The molecule has 29 aromatic rings. The Hall–Kier alpha value is -18.1. The quantitative estimate of drug-likeness (QED) is 0.114. The molecule has 0 atom stereocenters. The molecule has 0 spiro atoms. The number of pyridine rings is 3. The van der Waals surface area contributed by atoms with Gasteiger partial charge in [-0.15, -0.1) is 34.0 Å². The molecule has 0 radical (unpaired) electrons. The van der Waals surface area contributed by atoms with E-state index in [1.807, 2.05) is 192 Å². The van der Waals surface area contributed by atoms with Crippen LogP contribution in [0.3, 0.4) is 0 Å². The number of hydrogen-bond acceptors (Lipinski definition) is 14. The Kier molecular flexibility index (Phi) is 20.2. The van der Waals surface area contributed by atoms with E-state index in [2.05, 4.69) is 297 Å². The number of rotatable bonds is 11. The number of nitrogens with zero attached hydrogens (tertiary/aromatic N) is 11. The van der Waals surface area contributed by atoms with E-state index in [1.165, 1.54) is 114 Å². The first-order valence-electron chi connectivity index (χ1n) is 47.0. The summed E-state index contributed by atoms with van der Waals surface area (Å²) in [4.78, 5) is 56.4. The van der Waals surface area contributed by atoms with Gasteiger partial charge in [-0.25, -0.2) is 54.8 Å². The summed E-state index contributed by atoms with van der Waals surface area (Å²) in [6, 6.07) is 158. The van der Waals surface area contributed by atoms with Crippen LogP contribution in [0, 0.1) is 0 Å². The minimum atomic E-state index is 0.622. The summed E-state index contributed by atoms with van der Waals surface area (Å²) in [5, 5.41) is 25.4. The van der Waals surface area contributed by atoms with Crippen LogP contribution >= 0.6 is 34.0 Å². The van der Waals surface area contributed by atoms with E-state index in [0.717, 1.165) is 128 Å². The first-order chi connectivity index (χ1) is 69.9. The molecule has 0 saturated carbocycles. The smallest absolute Gasteiger partial charge is 0.164 e. The van der Waals surface area contributed by atoms with Gasteiger partial charge in [0.1, 0.15) is 0 Å². The van der Waals surface area contributed by atoms with E-state index in [-0.39, 0.29) is 0 Å². The summed E-state index contributed by atoms with van der Waals surface area (Å²) < 4.78 is 7.81. The standard InChI is InChI=1S/2C44H26N4S.C39H23N3S/c1-3-14-27(15-4-1)42-46-43(28-16-5-2-6-17-28)48-44(47-42)30-19-13-18-29(26-30)39-32-21-8-7-20-31(32)37-38-35-24-11-12-25-36(35)49-41(38)34-23-10-9-22-33(34)40(37)45-39;1-3-13-28(14-4-1)42-46-43(29-15-5-2-6-16-29)48-44(47-42)30-25-23-27(24-26-30)39-32-18-8-7-17-31(32)37-38-35-21-11-12-22-36(35)49-41(38)34-20-10-9-19-33(34)40(37)45-39;1-3-13-24(14-4-1)31-23-32(41-39(40-31)25-15-5-2-6-16-25)36-27-18-8-7-17-26(27)34-35-30-21-11-12-22-33(30)43-38(35)29-20-10-9-19-28(29)37(34)42-36/h2*1-26H;1-23H. The van der Waals surface area contributed by atoms with Crippen molar-refractivity contribution in [3.05, 3.63) is 455 Å². The van der Waals surface area contributed by atoms with Gasteiger partial charge in [0.15, 0.2) is 40.8 Å². The van der Waals surface area contributed by atoms with Gasteiger partial charge in [-0.1, -0.05) is 425 Å². The second kappa shape index (κ2) is 34.6. The lowest BCUT2D eigenvalue weighted by Gasteiger charge is -2.15. The number of fused-ring (bicyclic) bond motifs is 30. The van der Waals surface area contributed by atoms with Gasteiger partial charge in [0.25, 0.3) is 0 Å². The minimum absolute atomic E-state index is 0.622. The van der Waals surface area contributed by atoms with Gasteiger partial charge in [0.2, 0.25) is 0 Å². The fourth-order valence-corrected chi connectivity index (χ4v) is 24.1. The second-order valence-corrected chi connectivity index (χ2v) is 38.3.